The van der Waals surface area contributed by atoms with Gasteiger partial charge in [0, 0.05) is 38.0 Å². The molecule has 0 atom stereocenters. The minimum absolute atomic E-state index is 0.126. The summed E-state index contributed by atoms with van der Waals surface area (Å²) in [6.07, 6.45) is -3.95. The monoisotopic (exact) mass is 529 g/mol. The number of sulfonamides is 1. The number of rotatable bonds is 5. The smallest absolute Gasteiger partial charge is 0.345 e. The molecule has 0 aliphatic carbocycles. The summed E-state index contributed by atoms with van der Waals surface area (Å²) in [5.41, 5.74) is 3.53. The van der Waals surface area contributed by atoms with Crippen LogP contribution in [0.2, 0.25) is 5.02 Å². The Balaban J connectivity index is 1.44. The minimum Gasteiger partial charge on any atom is -0.345 e. The normalized spacial score (nSPS) is 15.6. The Bertz CT molecular complexity index is 1300. The maximum Gasteiger partial charge on any atom is 0.416 e. The predicted octanol–water partition coefficient (Wildman–Crippen LogP) is 5.53. The molecule has 182 valence electrons. The summed E-state index contributed by atoms with van der Waals surface area (Å²) in [4.78, 5) is 6.18. The molecular formula is C23H23ClF3N3O2S2. The quantitative estimate of drug-likeness (QED) is 0.436. The lowest BCUT2D eigenvalue weighted by molar-refractivity contribution is -0.137. The molecule has 4 rings (SSSR count). The van der Waals surface area contributed by atoms with E-state index in [0.29, 0.717) is 25.6 Å². The molecule has 2 heterocycles. The molecule has 11 heteroatoms. The molecule has 1 saturated heterocycles. The number of anilines is 1. The van der Waals surface area contributed by atoms with Crippen LogP contribution in [0, 0.1) is 13.8 Å². The van der Waals surface area contributed by atoms with Crippen LogP contribution in [0.3, 0.4) is 0 Å². The molecule has 1 aliphatic heterocycles. The van der Waals surface area contributed by atoms with Crippen molar-refractivity contribution in [3.63, 3.8) is 0 Å². The Labute approximate surface area is 205 Å². The van der Waals surface area contributed by atoms with Crippen LogP contribution in [0.5, 0.6) is 0 Å². The van der Waals surface area contributed by atoms with Gasteiger partial charge in [0.25, 0.3) is 0 Å². The molecule has 0 radical (unpaired) electrons. The van der Waals surface area contributed by atoms with Crippen molar-refractivity contribution in [1.29, 1.82) is 0 Å². The van der Waals surface area contributed by atoms with Gasteiger partial charge in [-0.05, 0) is 48.7 Å². The van der Waals surface area contributed by atoms with Crippen LogP contribution in [0.25, 0.3) is 0 Å². The number of benzene rings is 2. The molecule has 5 nitrogen and oxygen atoms in total. The summed E-state index contributed by atoms with van der Waals surface area (Å²) in [6.45, 7) is 5.16. The summed E-state index contributed by atoms with van der Waals surface area (Å²) in [7, 11) is -4.17. The Kier molecular flexibility index (Phi) is 6.97. The van der Waals surface area contributed by atoms with Crippen molar-refractivity contribution in [3.8, 4) is 0 Å². The molecule has 1 fully saturated rings. The van der Waals surface area contributed by atoms with Crippen LogP contribution in [-0.4, -0.2) is 43.9 Å². The Morgan fingerprint density at radius 3 is 2.38 bits per heavy atom. The van der Waals surface area contributed by atoms with Gasteiger partial charge in [0.1, 0.15) is 4.90 Å². The first-order chi connectivity index (χ1) is 15.9. The molecule has 0 saturated carbocycles. The first-order valence-electron chi connectivity index (χ1n) is 10.6. The molecule has 0 amide bonds. The number of thiazole rings is 1. The number of halogens is 4. The molecule has 0 spiro atoms. The van der Waals surface area contributed by atoms with Crippen molar-refractivity contribution < 1.29 is 21.6 Å². The van der Waals surface area contributed by atoms with Gasteiger partial charge in [-0.25, -0.2) is 13.4 Å². The average Bonchev–Trinajstić information content (AvgIpc) is 3.24. The lowest BCUT2D eigenvalue weighted by Gasteiger charge is -2.34. The van der Waals surface area contributed by atoms with Gasteiger partial charge >= 0.3 is 6.18 Å². The highest BCUT2D eigenvalue weighted by Crippen LogP contribution is 2.35. The van der Waals surface area contributed by atoms with Gasteiger partial charge in [-0.15, -0.1) is 11.3 Å². The fraction of sp³-hybridized carbons (Fsp3) is 0.348. The molecule has 3 aromatic rings. The topological polar surface area (TPSA) is 53.5 Å². The second-order valence-electron chi connectivity index (χ2n) is 8.25. The van der Waals surface area contributed by atoms with Gasteiger partial charge in [0.05, 0.1) is 16.3 Å². The standard InChI is InChI=1S/C23H23ClF3N3O2S2/c1-15-3-4-17(11-16(15)2)12-19-14-33-22(28-19)29-7-9-30(10-8-29)34(31,32)21-13-18(23(25,26)27)5-6-20(21)24/h3-6,11,13-14H,7-10,12H2,1-2H3. The number of hydrogen-bond acceptors (Lipinski definition) is 5. The van der Waals surface area contributed by atoms with Gasteiger partial charge in [-0.1, -0.05) is 29.8 Å². The number of aromatic nitrogens is 1. The van der Waals surface area contributed by atoms with Gasteiger partial charge in [-0.3, -0.25) is 0 Å². The van der Waals surface area contributed by atoms with Crippen LogP contribution in [0.1, 0.15) is 27.9 Å². The Hall–Kier alpha value is -2.14. The molecule has 0 N–H and O–H groups in total. The van der Waals surface area contributed by atoms with E-state index in [9.17, 15) is 21.6 Å². The maximum atomic E-state index is 13.1. The van der Waals surface area contributed by atoms with E-state index in [1.54, 1.807) is 0 Å². The summed E-state index contributed by atoms with van der Waals surface area (Å²) >= 11 is 7.47. The molecule has 0 unspecified atom stereocenters. The number of aryl methyl sites for hydroxylation is 2. The zero-order chi connectivity index (χ0) is 24.7. The van der Waals surface area contributed by atoms with Gasteiger partial charge in [-0.2, -0.15) is 17.5 Å². The van der Waals surface area contributed by atoms with E-state index in [2.05, 4.69) is 32.0 Å². The molecule has 1 aliphatic rings. The third-order valence-corrected chi connectivity index (χ3v) is 9.21. The molecule has 2 aromatic carbocycles. The van der Waals surface area contributed by atoms with E-state index < -0.39 is 26.7 Å². The molecule has 0 bridgehead atoms. The zero-order valence-electron chi connectivity index (χ0n) is 18.6. The van der Waals surface area contributed by atoms with E-state index >= 15 is 0 Å². The van der Waals surface area contributed by atoms with Crippen LogP contribution in [0.15, 0.2) is 46.7 Å². The third-order valence-electron chi connectivity index (χ3n) is 5.88. The number of hydrogen-bond donors (Lipinski definition) is 0. The zero-order valence-corrected chi connectivity index (χ0v) is 21.0. The minimum atomic E-state index is -4.66. The van der Waals surface area contributed by atoms with Crippen molar-refractivity contribution in [2.45, 2.75) is 31.3 Å². The van der Waals surface area contributed by atoms with E-state index in [4.69, 9.17) is 16.6 Å². The second kappa shape index (κ2) is 9.49. The summed E-state index contributed by atoms with van der Waals surface area (Å²) < 4.78 is 66.5. The highest BCUT2D eigenvalue weighted by molar-refractivity contribution is 7.89. The van der Waals surface area contributed by atoms with Gasteiger partial charge < -0.3 is 4.90 Å². The SMILES string of the molecule is Cc1ccc(Cc2csc(N3CCN(S(=O)(=O)c4cc(C(F)(F)F)ccc4Cl)CC3)n2)cc1C. The third kappa shape index (κ3) is 5.25. The molecule has 1 aromatic heterocycles. The fourth-order valence-corrected chi connectivity index (χ4v) is 6.58. The van der Waals surface area contributed by atoms with Crippen molar-refractivity contribution in [3.05, 3.63) is 74.7 Å². The summed E-state index contributed by atoms with van der Waals surface area (Å²) in [6, 6.07) is 8.68. The van der Waals surface area contributed by atoms with Crippen molar-refractivity contribution in [2.24, 2.45) is 0 Å². The van der Waals surface area contributed by atoms with Crippen LogP contribution < -0.4 is 4.90 Å². The van der Waals surface area contributed by atoms with Crippen molar-refractivity contribution >= 4 is 38.1 Å². The molecular weight excluding hydrogens is 507 g/mol. The Morgan fingerprint density at radius 1 is 1.03 bits per heavy atom. The molecule has 34 heavy (non-hydrogen) atoms. The number of alkyl halides is 3. The summed E-state index contributed by atoms with van der Waals surface area (Å²) in [5, 5.41) is 2.56. The van der Waals surface area contributed by atoms with Gasteiger partial charge in [0.2, 0.25) is 10.0 Å². The fourth-order valence-electron chi connectivity index (χ4n) is 3.78. The maximum absolute atomic E-state index is 13.1. The highest BCUT2D eigenvalue weighted by Gasteiger charge is 2.35. The van der Waals surface area contributed by atoms with Crippen LogP contribution in [0.4, 0.5) is 18.3 Å². The lowest BCUT2D eigenvalue weighted by Crippen LogP contribution is -2.48. The second-order valence-corrected chi connectivity index (χ2v) is 11.4. The van der Waals surface area contributed by atoms with E-state index in [1.165, 1.54) is 32.3 Å². The Morgan fingerprint density at radius 2 is 1.74 bits per heavy atom. The van der Waals surface area contributed by atoms with E-state index in [0.717, 1.165) is 23.0 Å². The average molecular weight is 530 g/mol. The van der Waals surface area contributed by atoms with Crippen LogP contribution in [-0.2, 0) is 22.6 Å². The van der Waals surface area contributed by atoms with E-state index in [-0.39, 0.29) is 18.1 Å². The first-order valence-corrected chi connectivity index (χ1v) is 13.3. The first kappa shape index (κ1) is 25.0. The number of nitrogens with zero attached hydrogens (tertiary/aromatic N) is 3. The largest absolute Gasteiger partial charge is 0.416 e. The number of piperazine rings is 1. The lowest BCUT2D eigenvalue weighted by atomic mass is 10.0. The van der Waals surface area contributed by atoms with Crippen molar-refractivity contribution in [2.75, 3.05) is 31.1 Å². The van der Waals surface area contributed by atoms with Crippen molar-refractivity contribution in [1.82, 2.24) is 9.29 Å². The summed E-state index contributed by atoms with van der Waals surface area (Å²) in [5.74, 6) is 0. The van der Waals surface area contributed by atoms with Crippen LogP contribution >= 0.6 is 22.9 Å². The predicted molar refractivity (Wildman–Crippen MR) is 128 cm³/mol. The van der Waals surface area contributed by atoms with Gasteiger partial charge in [0.15, 0.2) is 5.13 Å². The highest BCUT2D eigenvalue weighted by atomic mass is 35.5. The van der Waals surface area contributed by atoms with E-state index in [1.807, 2.05) is 10.3 Å².